The Morgan fingerprint density at radius 2 is 2.05 bits per heavy atom. The van der Waals surface area contributed by atoms with Crippen molar-refractivity contribution in [1.29, 1.82) is 0 Å². The Bertz CT molecular complexity index is 642. The SMILES string of the molecule is NCCn1cnc(C(=O)Nc2ccc(F)c(F)c2F)c1. The van der Waals surface area contributed by atoms with Gasteiger partial charge in [-0.2, -0.15) is 0 Å². The lowest BCUT2D eigenvalue weighted by Gasteiger charge is -2.05. The van der Waals surface area contributed by atoms with Crippen LogP contribution in [-0.4, -0.2) is 22.0 Å². The van der Waals surface area contributed by atoms with Gasteiger partial charge in [-0.1, -0.05) is 0 Å². The Hall–Kier alpha value is -2.35. The maximum atomic E-state index is 13.4. The Morgan fingerprint density at radius 3 is 2.75 bits per heavy atom. The minimum absolute atomic E-state index is 0.0163. The number of hydrogen-bond donors (Lipinski definition) is 2. The Kier molecular flexibility index (Phi) is 4.04. The van der Waals surface area contributed by atoms with E-state index >= 15 is 0 Å². The summed E-state index contributed by atoms with van der Waals surface area (Å²) in [5, 5.41) is 2.12. The van der Waals surface area contributed by atoms with Crippen molar-refractivity contribution in [2.24, 2.45) is 5.73 Å². The fourth-order valence-electron chi connectivity index (χ4n) is 1.56. The predicted octanol–water partition coefficient (Wildman–Crippen LogP) is 1.51. The maximum Gasteiger partial charge on any atom is 0.275 e. The average molecular weight is 284 g/mol. The number of carbonyl (C=O) groups is 1. The van der Waals surface area contributed by atoms with Crippen LogP contribution in [0.5, 0.6) is 0 Å². The number of rotatable bonds is 4. The fraction of sp³-hybridized carbons (Fsp3) is 0.167. The van der Waals surface area contributed by atoms with E-state index in [9.17, 15) is 18.0 Å². The van der Waals surface area contributed by atoms with Gasteiger partial charge in [-0.15, -0.1) is 0 Å². The summed E-state index contributed by atoms with van der Waals surface area (Å²) in [7, 11) is 0. The molecule has 0 bridgehead atoms. The van der Waals surface area contributed by atoms with Gasteiger partial charge in [0.1, 0.15) is 5.69 Å². The number of halogens is 3. The fourth-order valence-corrected chi connectivity index (χ4v) is 1.56. The van der Waals surface area contributed by atoms with Crippen molar-refractivity contribution in [3.63, 3.8) is 0 Å². The number of anilines is 1. The Balaban J connectivity index is 2.17. The monoisotopic (exact) mass is 284 g/mol. The highest BCUT2D eigenvalue weighted by molar-refractivity contribution is 6.02. The molecule has 0 fully saturated rings. The number of benzene rings is 1. The number of nitrogens with zero attached hydrogens (tertiary/aromatic N) is 2. The number of amides is 1. The second-order valence-corrected chi connectivity index (χ2v) is 3.96. The lowest BCUT2D eigenvalue weighted by Crippen LogP contribution is -2.14. The number of nitrogens with one attached hydrogen (secondary N) is 1. The first-order valence-electron chi connectivity index (χ1n) is 5.69. The van der Waals surface area contributed by atoms with E-state index in [4.69, 9.17) is 5.73 Å². The molecule has 1 heterocycles. The highest BCUT2D eigenvalue weighted by atomic mass is 19.2. The minimum Gasteiger partial charge on any atom is -0.335 e. The van der Waals surface area contributed by atoms with Gasteiger partial charge in [-0.05, 0) is 12.1 Å². The molecular formula is C12H11F3N4O. The van der Waals surface area contributed by atoms with Crippen molar-refractivity contribution in [2.45, 2.75) is 6.54 Å². The molecule has 1 amide bonds. The van der Waals surface area contributed by atoms with E-state index in [1.165, 1.54) is 12.5 Å². The minimum atomic E-state index is -1.64. The topological polar surface area (TPSA) is 72.9 Å². The maximum absolute atomic E-state index is 13.4. The largest absolute Gasteiger partial charge is 0.335 e. The van der Waals surface area contributed by atoms with Gasteiger partial charge < -0.3 is 15.6 Å². The van der Waals surface area contributed by atoms with Gasteiger partial charge in [0.05, 0.1) is 12.0 Å². The third-order valence-electron chi connectivity index (χ3n) is 2.54. The molecule has 5 nitrogen and oxygen atoms in total. The molecule has 2 aromatic rings. The van der Waals surface area contributed by atoms with Crippen LogP contribution in [0.15, 0.2) is 24.7 Å². The first-order valence-corrected chi connectivity index (χ1v) is 5.69. The molecule has 8 heteroatoms. The Morgan fingerprint density at radius 1 is 1.30 bits per heavy atom. The second kappa shape index (κ2) is 5.74. The molecule has 106 valence electrons. The predicted molar refractivity (Wildman–Crippen MR) is 65.6 cm³/mol. The van der Waals surface area contributed by atoms with Gasteiger partial charge in [0.25, 0.3) is 5.91 Å². The lowest BCUT2D eigenvalue weighted by atomic mass is 10.2. The molecule has 0 saturated heterocycles. The molecule has 0 unspecified atom stereocenters. The third kappa shape index (κ3) is 2.80. The van der Waals surface area contributed by atoms with Crippen molar-refractivity contribution < 1.29 is 18.0 Å². The molecule has 1 aromatic heterocycles. The molecule has 0 aliphatic carbocycles. The van der Waals surface area contributed by atoms with Crippen LogP contribution in [0.2, 0.25) is 0 Å². The molecule has 2 rings (SSSR count). The molecular weight excluding hydrogens is 273 g/mol. The van der Waals surface area contributed by atoms with Crippen LogP contribution >= 0.6 is 0 Å². The molecule has 20 heavy (non-hydrogen) atoms. The van der Waals surface area contributed by atoms with Crippen molar-refractivity contribution in [2.75, 3.05) is 11.9 Å². The third-order valence-corrected chi connectivity index (χ3v) is 2.54. The van der Waals surface area contributed by atoms with Gasteiger partial charge in [0.2, 0.25) is 0 Å². The molecule has 1 aromatic carbocycles. The van der Waals surface area contributed by atoms with Crippen LogP contribution in [0.3, 0.4) is 0 Å². The van der Waals surface area contributed by atoms with E-state index < -0.39 is 29.0 Å². The van der Waals surface area contributed by atoms with Gasteiger partial charge >= 0.3 is 0 Å². The zero-order valence-corrected chi connectivity index (χ0v) is 10.2. The molecule has 0 spiro atoms. The number of imidazole rings is 1. The zero-order chi connectivity index (χ0) is 14.7. The average Bonchev–Trinajstić information content (AvgIpc) is 2.88. The Labute approximate surface area is 112 Å². The van der Waals surface area contributed by atoms with Crippen LogP contribution in [-0.2, 0) is 6.54 Å². The van der Waals surface area contributed by atoms with Crippen LogP contribution in [0.1, 0.15) is 10.5 Å². The molecule has 0 saturated carbocycles. The van der Waals surface area contributed by atoms with E-state index in [0.29, 0.717) is 13.1 Å². The van der Waals surface area contributed by atoms with E-state index in [0.717, 1.165) is 12.1 Å². The summed E-state index contributed by atoms with van der Waals surface area (Å²) in [5.74, 6) is -5.16. The van der Waals surface area contributed by atoms with Crippen molar-refractivity contribution in [1.82, 2.24) is 9.55 Å². The quantitative estimate of drug-likeness (QED) is 0.836. The summed E-state index contributed by atoms with van der Waals surface area (Å²) in [6, 6.07) is 1.66. The standard InChI is InChI=1S/C12H11F3N4O/c13-7-1-2-8(11(15)10(7)14)18-12(20)9-5-19(4-3-16)6-17-9/h1-2,5-6H,3-4,16H2,(H,18,20). The second-order valence-electron chi connectivity index (χ2n) is 3.96. The van der Waals surface area contributed by atoms with E-state index in [1.54, 1.807) is 4.57 Å². The van der Waals surface area contributed by atoms with Crippen molar-refractivity contribution in [3.05, 3.63) is 47.8 Å². The van der Waals surface area contributed by atoms with Crippen LogP contribution in [0.4, 0.5) is 18.9 Å². The molecule has 0 aliphatic heterocycles. The molecule has 0 radical (unpaired) electrons. The van der Waals surface area contributed by atoms with Crippen LogP contribution < -0.4 is 11.1 Å². The van der Waals surface area contributed by atoms with E-state index in [2.05, 4.69) is 10.3 Å². The summed E-state index contributed by atoms with van der Waals surface area (Å²) >= 11 is 0. The normalized spacial score (nSPS) is 10.6. The number of aromatic nitrogens is 2. The van der Waals surface area contributed by atoms with Crippen LogP contribution in [0, 0.1) is 17.5 Å². The lowest BCUT2D eigenvalue weighted by molar-refractivity contribution is 0.102. The summed E-state index contributed by atoms with van der Waals surface area (Å²) in [5.41, 5.74) is 4.90. The van der Waals surface area contributed by atoms with Gasteiger partial charge in [-0.25, -0.2) is 18.2 Å². The number of carbonyl (C=O) groups excluding carboxylic acids is 1. The summed E-state index contributed by atoms with van der Waals surface area (Å²) in [4.78, 5) is 15.6. The number of nitrogens with two attached hydrogens (primary N) is 1. The van der Waals surface area contributed by atoms with E-state index in [-0.39, 0.29) is 5.69 Å². The highest BCUT2D eigenvalue weighted by Gasteiger charge is 2.17. The number of hydrogen-bond acceptors (Lipinski definition) is 3. The van der Waals surface area contributed by atoms with Crippen LogP contribution in [0.25, 0.3) is 0 Å². The molecule has 3 N–H and O–H groups in total. The first-order chi connectivity index (χ1) is 9.52. The van der Waals surface area contributed by atoms with Crippen molar-refractivity contribution >= 4 is 11.6 Å². The summed E-state index contributed by atoms with van der Waals surface area (Å²) in [6.07, 6.45) is 2.81. The van der Waals surface area contributed by atoms with Gasteiger partial charge in [0.15, 0.2) is 17.5 Å². The molecule has 0 atom stereocenters. The first kappa shape index (κ1) is 14.1. The zero-order valence-electron chi connectivity index (χ0n) is 10.2. The summed E-state index contributed by atoms with van der Waals surface area (Å²) < 4.78 is 40.7. The molecule has 0 aliphatic rings. The van der Waals surface area contributed by atoms with Gasteiger partial charge in [-0.3, -0.25) is 4.79 Å². The van der Waals surface area contributed by atoms with E-state index in [1.807, 2.05) is 0 Å². The summed E-state index contributed by atoms with van der Waals surface area (Å²) in [6.45, 7) is 0.842. The van der Waals surface area contributed by atoms with Crippen molar-refractivity contribution in [3.8, 4) is 0 Å². The van der Waals surface area contributed by atoms with Gasteiger partial charge in [0, 0.05) is 19.3 Å². The smallest absolute Gasteiger partial charge is 0.275 e. The highest BCUT2D eigenvalue weighted by Crippen LogP contribution is 2.20.